The van der Waals surface area contributed by atoms with Crippen LogP contribution in [0.1, 0.15) is 35.0 Å². The Hall–Kier alpha value is -2.46. The van der Waals surface area contributed by atoms with E-state index in [9.17, 15) is 4.79 Å². The van der Waals surface area contributed by atoms with Crippen LogP contribution in [-0.4, -0.2) is 23.1 Å². The maximum atomic E-state index is 12.9. The van der Waals surface area contributed by atoms with E-state index in [0.29, 0.717) is 23.8 Å². The Labute approximate surface area is 164 Å². The number of aromatic nitrogens is 1. The van der Waals surface area contributed by atoms with Gasteiger partial charge in [0.1, 0.15) is 17.5 Å². The van der Waals surface area contributed by atoms with Crippen LogP contribution in [0.5, 0.6) is 5.75 Å². The van der Waals surface area contributed by atoms with Crippen molar-refractivity contribution in [1.82, 2.24) is 9.88 Å². The number of carbonyl (C=O) groups is 1. The molecule has 1 N–H and O–H groups in total. The maximum Gasteiger partial charge on any atom is 0.267 e. The lowest BCUT2D eigenvalue weighted by molar-refractivity contribution is 0.0938. The summed E-state index contributed by atoms with van der Waals surface area (Å²) in [4.78, 5) is 12.9. The average molecular weight is 383 g/mol. The number of halogens is 1. The largest absolute Gasteiger partial charge is 0.486 e. The molecule has 1 aromatic heterocycles. The highest BCUT2D eigenvalue weighted by molar-refractivity contribution is 6.36. The van der Waals surface area contributed by atoms with Gasteiger partial charge < -0.3 is 14.6 Å². The predicted molar refractivity (Wildman–Crippen MR) is 109 cm³/mol. The van der Waals surface area contributed by atoms with Crippen LogP contribution in [0, 0.1) is 6.92 Å². The van der Waals surface area contributed by atoms with Crippen molar-refractivity contribution in [2.24, 2.45) is 0 Å². The van der Waals surface area contributed by atoms with E-state index < -0.39 is 0 Å². The molecule has 0 saturated heterocycles. The van der Waals surface area contributed by atoms with Gasteiger partial charge in [0.25, 0.3) is 5.91 Å². The Morgan fingerprint density at radius 2 is 2.11 bits per heavy atom. The molecule has 4 rings (SSSR count). The first-order valence-corrected chi connectivity index (χ1v) is 9.77. The van der Waals surface area contributed by atoms with Gasteiger partial charge in [-0.15, -0.1) is 0 Å². The predicted octanol–water partition coefficient (Wildman–Crippen LogP) is 4.75. The highest BCUT2D eigenvalue weighted by Crippen LogP contribution is 2.38. The van der Waals surface area contributed by atoms with Crippen molar-refractivity contribution in [3.63, 3.8) is 0 Å². The molecule has 0 radical (unpaired) electrons. The normalized spacial score (nSPS) is 15.6. The van der Waals surface area contributed by atoms with Gasteiger partial charge in [-0.25, -0.2) is 0 Å². The van der Waals surface area contributed by atoms with Crippen molar-refractivity contribution in [1.29, 1.82) is 0 Å². The van der Waals surface area contributed by atoms with Gasteiger partial charge in [0.05, 0.1) is 17.1 Å². The van der Waals surface area contributed by atoms with Crippen molar-refractivity contribution in [3.05, 3.63) is 64.3 Å². The molecule has 27 heavy (non-hydrogen) atoms. The Balaban J connectivity index is 1.58. The second-order valence-electron chi connectivity index (χ2n) is 7.03. The summed E-state index contributed by atoms with van der Waals surface area (Å²) in [6, 6.07) is 13.9. The first-order valence-electron chi connectivity index (χ1n) is 9.39. The number of hydrogen-bond acceptors (Lipinski definition) is 2. The summed E-state index contributed by atoms with van der Waals surface area (Å²) < 4.78 is 8.10. The highest BCUT2D eigenvalue weighted by atomic mass is 35.5. The Morgan fingerprint density at radius 1 is 1.30 bits per heavy atom. The van der Waals surface area contributed by atoms with Crippen LogP contribution >= 0.6 is 11.6 Å². The average Bonchev–Trinajstić information content (AvgIpc) is 3.07. The van der Waals surface area contributed by atoms with Crippen LogP contribution in [0.2, 0.25) is 5.02 Å². The number of hydrogen-bond donors (Lipinski definition) is 1. The molecule has 0 saturated carbocycles. The van der Waals surface area contributed by atoms with Gasteiger partial charge in [0.2, 0.25) is 0 Å². The molecule has 140 valence electrons. The van der Waals surface area contributed by atoms with Crippen LogP contribution < -0.4 is 10.1 Å². The van der Waals surface area contributed by atoms with Crippen molar-refractivity contribution in [2.75, 3.05) is 6.54 Å². The monoisotopic (exact) mass is 382 g/mol. The van der Waals surface area contributed by atoms with E-state index in [1.165, 1.54) is 11.1 Å². The molecule has 1 aliphatic rings. The minimum Gasteiger partial charge on any atom is -0.486 e. The summed E-state index contributed by atoms with van der Waals surface area (Å²) in [7, 11) is 0. The third-order valence-electron chi connectivity index (χ3n) is 5.28. The molecule has 1 amide bonds. The fraction of sp³-hybridized carbons (Fsp3) is 0.318. The van der Waals surface area contributed by atoms with Crippen molar-refractivity contribution in [2.45, 2.75) is 39.3 Å². The van der Waals surface area contributed by atoms with Crippen LogP contribution in [0.4, 0.5) is 0 Å². The molecule has 0 fully saturated rings. The van der Waals surface area contributed by atoms with Gasteiger partial charge in [-0.2, -0.15) is 0 Å². The minimum atomic E-state index is -0.0708. The fourth-order valence-electron chi connectivity index (χ4n) is 3.71. The summed E-state index contributed by atoms with van der Waals surface area (Å²) in [5.41, 5.74) is 4.06. The molecule has 2 heterocycles. The van der Waals surface area contributed by atoms with Crippen LogP contribution in [0.25, 0.3) is 10.9 Å². The van der Waals surface area contributed by atoms with E-state index in [-0.39, 0.29) is 12.0 Å². The Morgan fingerprint density at radius 3 is 2.89 bits per heavy atom. The van der Waals surface area contributed by atoms with Gasteiger partial charge in [-0.1, -0.05) is 42.8 Å². The van der Waals surface area contributed by atoms with Crippen LogP contribution in [-0.2, 0) is 13.0 Å². The lowest BCUT2D eigenvalue weighted by atomic mass is 10.1. The SMILES string of the molecule is CC[C@H]1Cn2c(C(=O)NCCc3ccccc3C)cc3c(Cl)ccc(c32)O1. The van der Waals surface area contributed by atoms with Gasteiger partial charge in [0, 0.05) is 11.9 Å². The second kappa shape index (κ2) is 7.28. The van der Waals surface area contributed by atoms with Crippen LogP contribution in [0.3, 0.4) is 0 Å². The molecule has 2 aromatic carbocycles. The molecule has 0 unspecified atom stereocenters. The Kier molecular flexibility index (Phi) is 4.83. The lowest BCUT2D eigenvalue weighted by Gasteiger charge is -2.26. The maximum absolute atomic E-state index is 12.9. The van der Waals surface area contributed by atoms with Gasteiger partial charge in [-0.05, 0) is 49.1 Å². The Bertz CT molecular complexity index is 1010. The zero-order chi connectivity index (χ0) is 19.0. The fourth-order valence-corrected chi connectivity index (χ4v) is 3.92. The molecule has 3 aromatic rings. The topological polar surface area (TPSA) is 43.3 Å². The molecule has 4 nitrogen and oxygen atoms in total. The number of benzene rings is 2. The first-order chi connectivity index (χ1) is 13.1. The van der Waals surface area contributed by atoms with E-state index in [0.717, 1.165) is 29.5 Å². The minimum absolute atomic E-state index is 0.0628. The van der Waals surface area contributed by atoms with E-state index in [4.69, 9.17) is 16.3 Å². The molecular formula is C22H23ClN2O2. The lowest BCUT2D eigenvalue weighted by Crippen LogP contribution is -2.32. The number of rotatable bonds is 5. The van der Waals surface area contributed by atoms with Crippen molar-refractivity contribution >= 4 is 28.4 Å². The van der Waals surface area contributed by atoms with E-state index in [1.807, 2.05) is 30.3 Å². The number of carbonyl (C=O) groups excluding carboxylic acids is 1. The second-order valence-corrected chi connectivity index (χ2v) is 7.44. The number of aryl methyl sites for hydroxylation is 1. The van der Waals surface area contributed by atoms with E-state index in [2.05, 4.69) is 35.9 Å². The summed E-state index contributed by atoms with van der Waals surface area (Å²) in [6.07, 6.45) is 1.76. The molecule has 0 bridgehead atoms. The highest BCUT2D eigenvalue weighted by Gasteiger charge is 2.26. The number of ether oxygens (including phenoxy) is 1. The summed E-state index contributed by atoms with van der Waals surface area (Å²) in [5, 5.41) is 4.57. The van der Waals surface area contributed by atoms with Gasteiger partial charge >= 0.3 is 0 Å². The number of nitrogens with one attached hydrogen (secondary N) is 1. The summed E-state index contributed by atoms with van der Waals surface area (Å²) in [6.45, 7) is 5.44. The summed E-state index contributed by atoms with van der Waals surface area (Å²) in [5.74, 6) is 0.727. The molecular weight excluding hydrogens is 360 g/mol. The number of nitrogens with zero attached hydrogens (tertiary/aromatic N) is 1. The van der Waals surface area contributed by atoms with Gasteiger partial charge in [-0.3, -0.25) is 4.79 Å². The number of amides is 1. The third kappa shape index (κ3) is 3.30. The summed E-state index contributed by atoms with van der Waals surface area (Å²) >= 11 is 6.37. The van der Waals surface area contributed by atoms with Crippen molar-refractivity contribution in [3.8, 4) is 5.75 Å². The quantitative estimate of drug-likeness (QED) is 0.692. The zero-order valence-electron chi connectivity index (χ0n) is 15.6. The molecule has 0 aliphatic carbocycles. The standard InChI is InChI=1S/C22H23ClN2O2/c1-3-16-13-25-19(12-17-18(23)8-9-20(27-16)21(17)25)22(26)24-11-10-15-7-5-4-6-14(15)2/h4-9,12,16H,3,10-11,13H2,1-2H3,(H,24,26)/t16-/m0/s1. The van der Waals surface area contributed by atoms with E-state index in [1.54, 1.807) is 0 Å². The molecule has 1 atom stereocenters. The molecule has 5 heteroatoms. The molecule has 1 aliphatic heterocycles. The zero-order valence-corrected chi connectivity index (χ0v) is 16.3. The van der Waals surface area contributed by atoms with E-state index >= 15 is 0 Å². The van der Waals surface area contributed by atoms with Crippen molar-refractivity contribution < 1.29 is 9.53 Å². The first kappa shape index (κ1) is 17.9. The molecule has 0 spiro atoms. The third-order valence-corrected chi connectivity index (χ3v) is 5.61. The smallest absolute Gasteiger partial charge is 0.267 e. The van der Waals surface area contributed by atoms with Crippen LogP contribution in [0.15, 0.2) is 42.5 Å². The van der Waals surface area contributed by atoms with Gasteiger partial charge in [0.15, 0.2) is 0 Å².